The molecule has 0 spiro atoms. The number of hydrogen-bond donors (Lipinski definition) is 2. The van der Waals surface area contributed by atoms with Crippen molar-refractivity contribution in [3.05, 3.63) is 35.2 Å². The maximum Gasteiger partial charge on any atom is 0.228 e. The van der Waals surface area contributed by atoms with Gasteiger partial charge >= 0.3 is 0 Å². The van der Waals surface area contributed by atoms with E-state index in [-0.39, 0.29) is 24.0 Å². The van der Waals surface area contributed by atoms with Gasteiger partial charge < -0.3 is 20.1 Å². The predicted octanol–water partition coefficient (Wildman–Crippen LogP) is 3.84. The monoisotopic (exact) mass is 546 g/mol. The number of aromatic nitrogens is 2. The van der Waals surface area contributed by atoms with E-state index < -0.39 is 0 Å². The van der Waals surface area contributed by atoms with Crippen LogP contribution in [-0.2, 0) is 6.42 Å². The second kappa shape index (κ2) is 12.5. The minimum absolute atomic E-state index is 0. The van der Waals surface area contributed by atoms with E-state index >= 15 is 0 Å². The number of nitrogens with zero attached hydrogens (tertiary/aromatic N) is 4. The first-order chi connectivity index (χ1) is 14.0. The van der Waals surface area contributed by atoms with Gasteiger partial charge in [0.2, 0.25) is 11.7 Å². The lowest BCUT2D eigenvalue weighted by atomic mass is 10.0. The van der Waals surface area contributed by atoms with Crippen LogP contribution in [0.3, 0.4) is 0 Å². The molecule has 30 heavy (non-hydrogen) atoms. The van der Waals surface area contributed by atoms with Gasteiger partial charge in [0.1, 0.15) is 0 Å². The zero-order valence-corrected chi connectivity index (χ0v) is 21.0. The van der Waals surface area contributed by atoms with Crippen LogP contribution in [0.2, 0.25) is 5.02 Å². The molecular formula is C21H32ClIN6O. The number of aliphatic imine (C=N–C) groups is 1. The fourth-order valence-corrected chi connectivity index (χ4v) is 3.65. The second-order valence-electron chi connectivity index (χ2n) is 7.88. The lowest BCUT2D eigenvalue weighted by Gasteiger charge is -2.33. The van der Waals surface area contributed by atoms with Gasteiger partial charge in [-0.1, -0.05) is 30.6 Å². The smallest absolute Gasteiger partial charge is 0.228 e. The first-order valence-electron chi connectivity index (χ1n) is 10.3. The third kappa shape index (κ3) is 7.70. The molecule has 1 saturated heterocycles. The number of guanidine groups is 1. The lowest BCUT2D eigenvalue weighted by molar-refractivity contribution is 0.187. The SMILES string of the molecule is CN=C(NCCc1nc(-c2ccc(Cl)cc2)no1)NC1CCN(CC(C)C)CC1.I. The minimum atomic E-state index is 0. The van der Waals surface area contributed by atoms with Gasteiger partial charge in [-0.15, -0.1) is 24.0 Å². The molecule has 1 aliphatic heterocycles. The summed E-state index contributed by atoms with van der Waals surface area (Å²) in [7, 11) is 1.80. The molecule has 2 aromatic rings. The highest BCUT2D eigenvalue weighted by molar-refractivity contribution is 14.0. The predicted molar refractivity (Wildman–Crippen MR) is 133 cm³/mol. The second-order valence-corrected chi connectivity index (χ2v) is 8.32. The van der Waals surface area contributed by atoms with Gasteiger partial charge in [-0.05, 0) is 43.0 Å². The summed E-state index contributed by atoms with van der Waals surface area (Å²) in [6.07, 6.45) is 2.91. The number of rotatable bonds is 7. The molecule has 3 rings (SSSR count). The van der Waals surface area contributed by atoms with Gasteiger partial charge in [0.25, 0.3) is 0 Å². The molecule has 166 valence electrons. The van der Waals surface area contributed by atoms with Crippen molar-refractivity contribution in [3.8, 4) is 11.4 Å². The molecule has 0 amide bonds. The molecular weight excluding hydrogens is 515 g/mol. The number of nitrogens with one attached hydrogen (secondary N) is 2. The molecule has 9 heteroatoms. The number of halogens is 2. The Hall–Kier alpha value is -1.39. The van der Waals surface area contributed by atoms with Gasteiger partial charge in [0.05, 0.1) is 0 Å². The third-order valence-electron chi connectivity index (χ3n) is 4.98. The third-order valence-corrected chi connectivity index (χ3v) is 5.23. The molecule has 0 aliphatic carbocycles. The normalized spacial score (nSPS) is 15.8. The summed E-state index contributed by atoms with van der Waals surface area (Å²) in [4.78, 5) is 11.3. The van der Waals surface area contributed by atoms with Gasteiger partial charge in [-0.3, -0.25) is 4.99 Å². The Morgan fingerprint density at radius 1 is 1.27 bits per heavy atom. The van der Waals surface area contributed by atoms with Crippen LogP contribution in [0.1, 0.15) is 32.6 Å². The molecule has 0 atom stereocenters. The maximum absolute atomic E-state index is 5.92. The van der Waals surface area contributed by atoms with E-state index in [4.69, 9.17) is 16.1 Å². The van der Waals surface area contributed by atoms with Crippen molar-refractivity contribution in [2.24, 2.45) is 10.9 Å². The van der Waals surface area contributed by atoms with Crippen molar-refractivity contribution >= 4 is 41.5 Å². The summed E-state index contributed by atoms with van der Waals surface area (Å²) in [6.45, 7) is 8.69. The number of piperidine rings is 1. The average Bonchev–Trinajstić information content (AvgIpc) is 3.17. The molecule has 1 fully saturated rings. The van der Waals surface area contributed by atoms with E-state index in [1.807, 2.05) is 24.3 Å². The molecule has 0 unspecified atom stereocenters. The summed E-state index contributed by atoms with van der Waals surface area (Å²) < 4.78 is 5.36. The molecule has 0 saturated carbocycles. The van der Waals surface area contributed by atoms with Crippen molar-refractivity contribution in [1.29, 1.82) is 0 Å². The van der Waals surface area contributed by atoms with E-state index in [1.165, 1.54) is 6.54 Å². The van der Waals surface area contributed by atoms with Crippen LogP contribution in [0.15, 0.2) is 33.8 Å². The van der Waals surface area contributed by atoms with Gasteiger partial charge in [-0.2, -0.15) is 4.98 Å². The molecule has 1 aromatic heterocycles. The maximum atomic E-state index is 5.92. The first-order valence-corrected chi connectivity index (χ1v) is 10.7. The van der Waals surface area contributed by atoms with Crippen molar-refractivity contribution < 1.29 is 4.52 Å². The highest BCUT2D eigenvalue weighted by Crippen LogP contribution is 2.18. The number of hydrogen-bond acceptors (Lipinski definition) is 5. The Bertz CT molecular complexity index is 787. The zero-order chi connectivity index (χ0) is 20.6. The molecule has 0 bridgehead atoms. The van der Waals surface area contributed by atoms with Crippen LogP contribution in [0.4, 0.5) is 0 Å². The van der Waals surface area contributed by atoms with Crippen LogP contribution in [-0.4, -0.2) is 60.3 Å². The topological polar surface area (TPSA) is 78.6 Å². The fourth-order valence-electron chi connectivity index (χ4n) is 3.52. The summed E-state index contributed by atoms with van der Waals surface area (Å²) in [5.41, 5.74) is 0.888. The summed E-state index contributed by atoms with van der Waals surface area (Å²) in [5.74, 6) is 2.72. The van der Waals surface area contributed by atoms with Crippen LogP contribution in [0.25, 0.3) is 11.4 Å². The van der Waals surface area contributed by atoms with Gasteiger partial charge in [0.15, 0.2) is 5.96 Å². The van der Waals surface area contributed by atoms with Crippen LogP contribution >= 0.6 is 35.6 Å². The van der Waals surface area contributed by atoms with Gasteiger partial charge in [-0.25, -0.2) is 0 Å². The van der Waals surface area contributed by atoms with Crippen molar-refractivity contribution in [3.63, 3.8) is 0 Å². The summed E-state index contributed by atoms with van der Waals surface area (Å²) in [5, 5.41) is 11.6. The molecule has 0 radical (unpaired) electrons. The lowest BCUT2D eigenvalue weighted by Crippen LogP contribution is -2.49. The number of likely N-dealkylation sites (tertiary alicyclic amines) is 1. The van der Waals surface area contributed by atoms with Crippen molar-refractivity contribution in [2.45, 2.75) is 39.2 Å². The highest BCUT2D eigenvalue weighted by Gasteiger charge is 2.20. The van der Waals surface area contributed by atoms with Gasteiger partial charge in [0, 0.05) is 56.3 Å². The Balaban J connectivity index is 0.00000320. The van der Waals surface area contributed by atoms with E-state index in [0.29, 0.717) is 35.7 Å². The van der Waals surface area contributed by atoms with Crippen LogP contribution in [0, 0.1) is 5.92 Å². The molecule has 1 aliphatic rings. The Labute approximate surface area is 201 Å². The van der Waals surface area contributed by atoms with Crippen LogP contribution in [0.5, 0.6) is 0 Å². The quantitative estimate of drug-likeness (QED) is 0.312. The van der Waals surface area contributed by atoms with E-state index in [1.54, 1.807) is 7.05 Å². The average molecular weight is 547 g/mol. The fraction of sp³-hybridized carbons (Fsp3) is 0.571. The zero-order valence-electron chi connectivity index (χ0n) is 17.9. The molecule has 2 N–H and O–H groups in total. The van der Waals surface area contributed by atoms with Crippen LogP contribution < -0.4 is 10.6 Å². The number of benzene rings is 1. The Morgan fingerprint density at radius 3 is 2.60 bits per heavy atom. The summed E-state index contributed by atoms with van der Waals surface area (Å²) >= 11 is 5.92. The van der Waals surface area contributed by atoms with Crippen molar-refractivity contribution in [2.75, 3.05) is 33.2 Å². The molecule has 2 heterocycles. The highest BCUT2D eigenvalue weighted by atomic mass is 127. The minimum Gasteiger partial charge on any atom is -0.356 e. The van der Waals surface area contributed by atoms with E-state index in [0.717, 1.165) is 43.4 Å². The molecule has 1 aromatic carbocycles. The molecule has 7 nitrogen and oxygen atoms in total. The Morgan fingerprint density at radius 2 is 1.97 bits per heavy atom. The largest absolute Gasteiger partial charge is 0.356 e. The van der Waals surface area contributed by atoms with E-state index in [2.05, 4.69) is 44.5 Å². The first kappa shape index (κ1) is 24.9. The standard InChI is InChI=1S/C21H31ClN6O.HI/c1-15(2)14-28-12-9-18(10-13-28)25-21(23-3)24-11-8-19-26-20(27-29-19)16-4-6-17(22)7-5-16;/h4-7,15,18H,8-14H2,1-3H3,(H2,23,24,25);1H. The Kier molecular flexibility index (Phi) is 10.3. The van der Waals surface area contributed by atoms with E-state index in [9.17, 15) is 0 Å². The van der Waals surface area contributed by atoms with Crippen molar-refractivity contribution in [1.82, 2.24) is 25.7 Å². The summed E-state index contributed by atoms with van der Waals surface area (Å²) in [6, 6.07) is 7.86.